The first kappa shape index (κ1) is 5.85. The minimum atomic E-state index is -0.346. The first-order valence-corrected chi connectivity index (χ1v) is 4.69. The van der Waals surface area contributed by atoms with Crippen molar-refractivity contribution in [3.63, 3.8) is 0 Å². The lowest BCUT2D eigenvalue weighted by Gasteiger charge is -2.20. The van der Waals surface area contributed by atoms with Gasteiger partial charge in [-0.25, -0.2) is 0 Å². The van der Waals surface area contributed by atoms with Gasteiger partial charge in [-0.1, -0.05) is 58.8 Å². The summed E-state index contributed by atoms with van der Waals surface area (Å²) in [6.07, 6.45) is 0. The van der Waals surface area contributed by atoms with Gasteiger partial charge in [0.05, 0.1) is 5.48 Å². The Morgan fingerprint density at radius 1 is 1.23 bits per heavy atom. The van der Waals surface area contributed by atoms with E-state index in [1.54, 1.807) is 0 Å². The van der Waals surface area contributed by atoms with Crippen LogP contribution in [-0.2, 0) is 5.41 Å². The maximum atomic E-state index is 8.19. The van der Waals surface area contributed by atoms with E-state index in [2.05, 4.69) is 0 Å². The van der Waals surface area contributed by atoms with Crippen molar-refractivity contribution in [3.8, 4) is 0 Å². The predicted molar refractivity (Wildman–Crippen MR) is 59.2 cm³/mol. The van der Waals surface area contributed by atoms with Crippen molar-refractivity contribution in [2.45, 2.75) is 46.0 Å². The van der Waals surface area contributed by atoms with Gasteiger partial charge >= 0.3 is 0 Å². The third-order valence-corrected chi connectivity index (χ3v) is 1.97. The van der Waals surface area contributed by atoms with Crippen LogP contribution in [-0.4, -0.2) is 0 Å². The van der Waals surface area contributed by atoms with E-state index >= 15 is 0 Å². The molecule has 0 amide bonds. The molecule has 0 saturated carbocycles. The van der Waals surface area contributed by atoms with Crippen LogP contribution >= 0.6 is 0 Å². The third-order valence-electron chi connectivity index (χ3n) is 1.97. The smallest absolute Gasteiger partial charge is 0.0617 e. The molecule has 0 aliphatic heterocycles. The van der Waals surface area contributed by atoms with Gasteiger partial charge in [-0.05, 0) is 22.5 Å². The summed E-state index contributed by atoms with van der Waals surface area (Å²) in [6, 6.07) is 0.257. The molecule has 0 atom stereocenters. The molecule has 1 aromatic carbocycles. The molecule has 0 aromatic heterocycles. The summed E-state index contributed by atoms with van der Waals surface area (Å²) >= 11 is 0. The first-order valence-electron chi connectivity index (χ1n) is 6.69. The summed E-state index contributed by atoms with van der Waals surface area (Å²) in [5.41, 5.74) is 0.805. The summed E-state index contributed by atoms with van der Waals surface area (Å²) in [6.45, 7) is 9.64. The Hall–Kier alpha value is -0.780. The molecule has 0 heterocycles. The van der Waals surface area contributed by atoms with E-state index in [9.17, 15) is 0 Å². The van der Waals surface area contributed by atoms with E-state index < -0.39 is 0 Å². The highest BCUT2D eigenvalue weighted by Crippen LogP contribution is 2.25. The zero-order valence-corrected chi connectivity index (χ0v) is 9.08. The number of benzene rings is 1. The van der Waals surface area contributed by atoms with Crippen LogP contribution < -0.4 is 0 Å². The van der Waals surface area contributed by atoms with Crippen LogP contribution in [0, 0.1) is 0 Å². The molecule has 0 unspecified atom stereocenters. The van der Waals surface area contributed by atoms with Crippen molar-refractivity contribution in [1.29, 1.82) is 0 Å². The van der Waals surface area contributed by atoms with Crippen LogP contribution in [0.15, 0.2) is 24.2 Å². The summed E-state index contributed by atoms with van der Waals surface area (Å²) < 4.78 is 31.8. The first-order chi connectivity index (χ1) is 7.59. The summed E-state index contributed by atoms with van der Waals surface area (Å²) in [4.78, 5) is 0. The molecular formula is C13H20. The second-order valence-electron chi connectivity index (χ2n) is 4.69. The fourth-order valence-corrected chi connectivity index (χ4v) is 1.02. The average molecular weight is 180 g/mol. The summed E-state index contributed by atoms with van der Waals surface area (Å²) in [5.74, 6) is 0.0285. The molecule has 0 nitrogen and oxygen atoms in total. The van der Waals surface area contributed by atoms with Crippen molar-refractivity contribution >= 4 is 0 Å². The van der Waals surface area contributed by atoms with Crippen molar-refractivity contribution < 1.29 is 5.48 Å². The summed E-state index contributed by atoms with van der Waals surface area (Å²) in [5, 5.41) is 0. The van der Waals surface area contributed by atoms with Gasteiger partial charge in [-0.2, -0.15) is 0 Å². The fraction of sp³-hybridized carbons (Fsp3) is 0.538. The molecule has 0 bridgehead atoms. The van der Waals surface area contributed by atoms with E-state index in [1.807, 2.05) is 34.6 Å². The Bertz CT molecular complexity index is 442. The Balaban J connectivity index is 3.75. The Kier molecular flexibility index (Phi) is 1.59. The minimum absolute atomic E-state index is 0.0249. The lowest BCUT2D eigenvalue weighted by molar-refractivity contribution is 0.588. The fourth-order valence-electron chi connectivity index (χ4n) is 1.02. The van der Waals surface area contributed by atoms with Crippen LogP contribution in [0.1, 0.15) is 57.1 Å². The van der Waals surface area contributed by atoms with Crippen molar-refractivity contribution in [1.82, 2.24) is 0 Å². The van der Waals surface area contributed by atoms with Gasteiger partial charge in [-0.3, -0.25) is 0 Å². The molecule has 13 heavy (non-hydrogen) atoms. The van der Waals surface area contributed by atoms with E-state index in [0.29, 0.717) is 11.1 Å². The maximum absolute atomic E-state index is 8.19. The molecule has 0 spiro atoms. The molecule has 0 radical (unpaired) electrons. The van der Waals surface area contributed by atoms with Crippen LogP contribution in [0.2, 0.25) is 0 Å². The van der Waals surface area contributed by atoms with E-state index in [0.717, 1.165) is 0 Å². The SMILES string of the molecule is [2H]c1c([2H])c(C(C)C)c([2H])c(C(C)(C)C)c1[2H]. The van der Waals surface area contributed by atoms with E-state index in [-0.39, 0.29) is 35.5 Å². The van der Waals surface area contributed by atoms with Crippen molar-refractivity contribution in [2.24, 2.45) is 0 Å². The molecule has 1 aromatic rings. The monoisotopic (exact) mass is 180 g/mol. The van der Waals surface area contributed by atoms with E-state index in [1.165, 1.54) is 0 Å². The lowest BCUT2D eigenvalue weighted by atomic mass is 9.85. The van der Waals surface area contributed by atoms with Gasteiger partial charge in [0, 0.05) is 0 Å². The van der Waals surface area contributed by atoms with E-state index in [4.69, 9.17) is 5.48 Å². The molecule has 0 aliphatic carbocycles. The highest BCUT2D eigenvalue weighted by atomic mass is 14.2. The zero-order valence-electron chi connectivity index (χ0n) is 13.1. The molecule has 0 fully saturated rings. The van der Waals surface area contributed by atoms with Crippen molar-refractivity contribution in [2.75, 3.05) is 0 Å². The topological polar surface area (TPSA) is 0 Å². The van der Waals surface area contributed by atoms with Crippen molar-refractivity contribution in [3.05, 3.63) is 35.3 Å². The van der Waals surface area contributed by atoms with Crippen LogP contribution in [0.4, 0.5) is 0 Å². The lowest BCUT2D eigenvalue weighted by Crippen LogP contribution is -2.11. The second kappa shape index (κ2) is 3.53. The normalized spacial score (nSPS) is 16.5. The number of hydrogen-bond acceptors (Lipinski definition) is 0. The number of rotatable bonds is 1. The molecule has 0 heteroatoms. The minimum Gasteiger partial charge on any atom is -0.0617 e. The highest BCUT2D eigenvalue weighted by molar-refractivity contribution is 5.30. The Morgan fingerprint density at radius 3 is 2.31 bits per heavy atom. The average Bonchev–Trinajstić information content (AvgIpc) is 2.11. The third kappa shape index (κ3) is 2.58. The molecule has 0 aliphatic rings. The van der Waals surface area contributed by atoms with Gasteiger partial charge < -0.3 is 0 Å². The zero-order chi connectivity index (χ0) is 13.5. The van der Waals surface area contributed by atoms with Gasteiger partial charge in [0.15, 0.2) is 0 Å². The second-order valence-corrected chi connectivity index (χ2v) is 4.69. The molecular weight excluding hydrogens is 156 g/mol. The van der Waals surface area contributed by atoms with Crippen LogP contribution in [0.5, 0.6) is 0 Å². The van der Waals surface area contributed by atoms with Crippen LogP contribution in [0.25, 0.3) is 0 Å². The molecule has 1 rings (SSSR count). The van der Waals surface area contributed by atoms with Crippen LogP contribution in [0.3, 0.4) is 0 Å². The molecule has 0 saturated heterocycles. The quantitative estimate of drug-likeness (QED) is 0.610. The standard InChI is InChI=1S/C13H20/c1-10(2)11-7-6-8-12(9-11)13(3,4)5/h6-10H,1-5H3/i6D,7D,8D,9D. The predicted octanol–water partition coefficient (Wildman–Crippen LogP) is 4.11. The van der Waals surface area contributed by atoms with Gasteiger partial charge in [0.25, 0.3) is 0 Å². The van der Waals surface area contributed by atoms with Gasteiger partial charge in [-0.15, -0.1) is 0 Å². The largest absolute Gasteiger partial charge is 0.0629 e. The molecule has 0 N–H and O–H groups in total. The number of hydrogen-bond donors (Lipinski definition) is 0. The Morgan fingerprint density at radius 2 is 1.85 bits per heavy atom. The van der Waals surface area contributed by atoms with Gasteiger partial charge in [0.1, 0.15) is 0 Å². The molecule has 72 valence electrons. The highest BCUT2D eigenvalue weighted by Gasteiger charge is 2.13. The van der Waals surface area contributed by atoms with Gasteiger partial charge in [0.2, 0.25) is 0 Å². The Labute approximate surface area is 87.6 Å². The summed E-state index contributed by atoms with van der Waals surface area (Å²) in [7, 11) is 0. The maximum Gasteiger partial charge on any atom is 0.0629 e.